The zero-order valence-electron chi connectivity index (χ0n) is 6.71. The topological polar surface area (TPSA) is 44.3 Å². The van der Waals surface area contributed by atoms with Crippen molar-refractivity contribution in [2.24, 2.45) is 0 Å². The number of fused-ring (bicyclic) bond motifs is 1. The molecule has 0 amide bonds. The molecule has 11 heavy (non-hydrogen) atoms. The van der Waals surface area contributed by atoms with E-state index in [4.69, 9.17) is 0 Å². The minimum absolute atomic E-state index is 0.124. The van der Waals surface area contributed by atoms with Crippen molar-refractivity contribution >= 4 is 0 Å². The largest absolute Gasteiger partial charge is 0.391 e. The molecule has 1 saturated carbocycles. The lowest BCUT2D eigenvalue weighted by Gasteiger charge is -2.40. The third-order valence-corrected chi connectivity index (χ3v) is 2.77. The van der Waals surface area contributed by atoms with E-state index in [0.29, 0.717) is 12.1 Å². The van der Waals surface area contributed by atoms with E-state index in [-0.39, 0.29) is 6.10 Å². The van der Waals surface area contributed by atoms with Crippen LogP contribution in [0, 0.1) is 0 Å². The Morgan fingerprint density at radius 2 is 1.91 bits per heavy atom. The van der Waals surface area contributed by atoms with Crippen LogP contribution in [0.25, 0.3) is 0 Å². The molecule has 1 aliphatic heterocycles. The summed E-state index contributed by atoms with van der Waals surface area (Å²) in [5.41, 5.74) is 0. The fourth-order valence-electron chi connectivity index (χ4n) is 2.18. The second kappa shape index (κ2) is 3.09. The SMILES string of the molecule is O[C@H]1CCC[C@@H]2NCCN[C@@H]21. The third-order valence-electron chi connectivity index (χ3n) is 2.77. The third kappa shape index (κ3) is 1.41. The molecule has 1 saturated heterocycles. The van der Waals surface area contributed by atoms with E-state index in [1.807, 2.05) is 0 Å². The van der Waals surface area contributed by atoms with Gasteiger partial charge in [-0.2, -0.15) is 0 Å². The normalized spacial score (nSPS) is 45.0. The monoisotopic (exact) mass is 156 g/mol. The molecular weight excluding hydrogens is 140 g/mol. The van der Waals surface area contributed by atoms with Crippen LogP contribution in [0.15, 0.2) is 0 Å². The molecule has 0 bridgehead atoms. The van der Waals surface area contributed by atoms with Gasteiger partial charge in [0.25, 0.3) is 0 Å². The second-order valence-corrected chi connectivity index (χ2v) is 3.54. The van der Waals surface area contributed by atoms with Crippen LogP contribution in [0.2, 0.25) is 0 Å². The van der Waals surface area contributed by atoms with E-state index in [1.54, 1.807) is 0 Å². The first-order valence-electron chi connectivity index (χ1n) is 4.53. The Morgan fingerprint density at radius 3 is 2.73 bits per heavy atom. The summed E-state index contributed by atoms with van der Waals surface area (Å²) >= 11 is 0. The Labute approximate surface area is 67.2 Å². The van der Waals surface area contributed by atoms with Crippen LogP contribution in [0.3, 0.4) is 0 Å². The predicted octanol–water partition coefficient (Wildman–Crippen LogP) is -0.539. The van der Waals surface area contributed by atoms with Gasteiger partial charge in [-0.15, -0.1) is 0 Å². The first kappa shape index (κ1) is 7.53. The van der Waals surface area contributed by atoms with Crippen LogP contribution in [0.5, 0.6) is 0 Å². The van der Waals surface area contributed by atoms with Crippen LogP contribution in [0.4, 0.5) is 0 Å². The van der Waals surface area contributed by atoms with Gasteiger partial charge in [0.1, 0.15) is 0 Å². The standard InChI is InChI=1S/C8H16N2O/c11-7-3-1-2-6-8(7)10-5-4-9-6/h6-11H,1-5H2/t6-,7-,8-/m0/s1. The number of aliphatic hydroxyl groups is 1. The summed E-state index contributed by atoms with van der Waals surface area (Å²) < 4.78 is 0. The number of hydrogen-bond acceptors (Lipinski definition) is 3. The highest BCUT2D eigenvalue weighted by Crippen LogP contribution is 2.20. The Kier molecular flexibility index (Phi) is 2.11. The molecule has 0 spiro atoms. The van der Waals surface area contributed by atoms with Gasteiger partial charge >= 0.3 is 0 Å². The molecule has 1 heterocycles. The maximum absolute atomic E-state index is 9.60. The number of piperazine rings is 1. The molecule has 0 aromatic heterocycles. The van der Waals surface area contributed by atoms with E-state index in [9.17, 15) is 5.11 Å². The van der Waals surface area contributed by atoms with Gasteiger partial charge in [0.15, 0.2) is 0 Å². The highest BCUT2D eigenvalue weighted by Gasteiger charge is 2.33. The minimum atomic E-state index is -0.124. The van der Waals surface area contributed by atoms with Crippen LogP contribution in [-0.2, 0) is 0 Å². The molecule has 0 unspecified atom stereocenters. The Balaban J connectivity index is 1.99. The highest BCUT2D eigenvalue weighted by molar-refractivity contribution is 4.94. The van der Waals surface area contributed by atoms with Gasteiger partial charge in [-0.1, -0.05) is 0 Å². The van der Waals surface area contributed by atoms with Gasteiger partial charge in [-0.25, -0.2) is 0 Å². The highest BCUT2D eigenvalue weighted by atomic mass is 16.3. The van der Waals surface area contributed by atoms with Gasteiger partial charge in [-0.3, -0.25) is 0 Å². The van der Waals surface area contributed by atoms with Gasteiger partial charge in [0.05, 0.1) is 6.10 Å². The molecule has 3 nitrogen and oxygen atoms in total. The smallest absolute Gasteiger partial charge is 0.0708 e. The molecule has 0 aromatic rings. The summed E-state index contributed by atoms with van der Waals surface area (Å²) in [5.74, 6) is 0. The van der Waals surface area contributed by atoms with Crippen LogP contribution in [-0.4, -0.2) is 36.4 Å². The van der Waals surface area contributed by atoms with Crippen molar-refractivity contribution in [3.05, 3.63) is 0 Å². The fourth-order valence-corrected chi connectivity index (χ4v) is 2.18. The fraction of sp³-hybridized carbons (Fsp3) is 1.00. The molecule has 3 atom stereocenters. The van der Waals surface area contributed by atoms with E-state index in [1.165, 1.54) is 6.42 Å². The molecule has 3 N–H and O–H groups in total. The van der Waals surface area contributed by atoms with E-state index in [0.717, 1.165) is 25.9 Å². The van der Waals surface area contributed by atoms with Crippen molar-refractivity contribution in [2.45, 2.75) is 37.5 Å². The molecule has 3 heteroatoms. The van der Waals surface area contributed by atoms with Crippen LogP contribution >= 0.6 is 0 Å². The Hall–Kier alpha value is -0.120. The lowest BCUT2D eigenvalue weighted by atomic mass is 9.87. The number of hydrogen-bond donors (Lipinski definition) is 3. The van der Waals surface area contributed by atoms with E-state index in [2.05, 4.69) is 10.6 Å². The molecular formula is C8H16N2O. The van der Waals surface area contributed by atoms with Crippen molar-refractivity contribution in [3.63, 3.8) is 0 Å². The summed E-state index contributed by atoms with van der Waals surface area (Å²) in [6, 6.07) is 0.838. The van der Waals surface area contributed by atoms with Crippen molar-refractivity contribution in [1.29, 1.82) is 0 Å². The summed E-state index contributed by atoms with van der Waals surface area (Å²) in [6.07, 6.45) is 3.23. The number of rotatable bonds is 0. The lowest BCUT2D eigenvalue weighted by molar-refractivity contribution is 0.0606. The lowest BCUT2D eigenvalue weighted by Crippen LogP contribution is -2.62. The summed E-state index contributed by atoms with van der Waals surface area (Å²) in [5, 5.41) is 16.4. The molecule has 1 aliphatic carbocycles. The minimum Gasteiger partial charge on any atom is -0.391 e. The van der Waals surface area contributed by atoms with Gasteiger partial charge < -0.3 is 15.7 Å². The second-order valence-electron chi connectivity index (χ2n) is 3.54. The number of nitrogens with one attached hydrogen (secondary N) is 2. The molecule has 2 aliphatic rings. The van der Waals surface area contributed by atoms with Gasteiger partial charge in [0.2, 0.25) is 0 Å². The van der Waals surface area contributed by atoms with Crippen LogP contribution < -0.4 is 10.6 Å². The zero-order valence-corrected chi connectivity index (χ0v) is 6.71. The maximum atomic E-state index is 9.60. The molecule has 64 valence electrons. The zero-order chi connectivity index (χ0) is 7.68. The molecule has 0 radical (unpaired) electrons. The van der Waals surface area contributed by atoms with Crippen molar-refractivity contribution < 1.29 is 5.11 Å². The predicted molar refractivity (Wildman–Crippen MR) is 43.4 cm³/mol. The number of aliphatic hydroxyl groups excluding tert-OH is 1. The first-order chi connectivity index (χ1) is 5.38. The Morgan fingerprint density at radius 1 is 1.09 bits per heavy atom. The van der Waals surface area contributed by atoms with Gasteiger partial charge in [0, 0.05) is 25.2 Å². The van der Waals surface area contributed by atoms with E-state index >= 15 is 0 Å². The molecule has 0 aromatic carbocycles. The van der Waals surface area contributed by atoms with E-state index < -0.39 is 0 Å². The van der Waals surface area contributed by atoms with Gasteiger partial charge in [-0.05, 0) is 19.3 Å². The van der Waals surface area contributed by atoms with Crippen molar-refractivity contribution in [1.82, 2.24) is 10.6 Å². The van der Waals surface area contributed by atoms with Crippen LogP contribution in [0.1, 0.15) is 19.3 Å². The summed E-state index contributed by atoms with van der Waals surface area (Å²) in [7, 11) is 0. The Bertz CT molecular complexity index is 138. The maximum Gasteiger partial charge on any atom is 0.0708 e. The molecule has 2 rings (SSSR count). The quantitative estimate of drug-likeness (QED) is 0.441. The summed E-state index contributed by atoms with van der Waals surface area (Å²) in [6.45, 7) is 2.05. The average molecular weight is 156 g/mol. The first-order valence-corrected chi connectivity index (χ1v) is 4.53. The van der Waals surface area contributed by atoms with Crippen molar-refractivity contribution in [3.8, 4) is 0 Å². The average Bonchev–Trinajstić information content (AvgIpc) is 2.06. The molecule has 2 fully saturated rings. The van der Waals surface area contributed by atoms with Crippen molar-refractivity contribution in [2.75, 3.05) is 13.1 Å². The summed E-state index contributed by atoms with van der Waals surface area (Å²) in [4.78, 5) is 0.